The van der Waals surface area contributed by atoms with Crippen LogP contribution >= 0.6 is 35.7 Å². The highest BCUT2D eigenvalue weighted by atomic mass is 127. The van der Waals surface area contributed by atoms with Gasteiger partial charge < -0.3 is 10.2 Å². The number of thioether (sulfide) groups is 1. The molecule has 0 aliphatic rings. The largest absolute Gasteiger partial charge is 0.356 e. The number of aryl methyl sites for hydroxylation is 1. The molecule has 0 amide bonds. The summed E-state index contributed by atoms with van der Waals surface area (Å²) in [5.74, 6) is 3.04. The third-order valence-electron chi connectivity index (χ3n) is 2.82. The highest BCUT2D eigenvalue weighted by Gasteiger charge is 2.09. The lowest BCUT2D eigenvalue weighted by Crippen LogP contribution is -2.39. The Balaban J connectivity index is 0.00000361. The molecule has 20 heavy (non-hydrogen) atoms. The Hall–Kier alpha value is -0.510. The second kappa shape index (κ2) is 11.2. The Bertz CT molecular complexity index is 395. The van der Waals surface area contributed by atoms with Crippen molar-refractivity contribution in [3.05, 3.63) is 12.2 Å². The first kappa shape index (κ1) is 19.5. The maximum atomic E-state index is 4.28. The van der Waals surface area contributed by atoms with Gasteiger partial charge in [0.15, 0.2) is 5.96 Å². The Kier molecular flexibility index (Phi) is 10.9. The van der Waals surface area contributed by atoms with E-state index in [1.165, 1.54) is 12.2 Å². The van der Waals surface area contributed by atoms with Crippen molar-refractivity contribution in [3.8, 4) is 0 Å². The molecule has 1 heterocycles. The van der Waals surface area contributed by atoms with E-state index in [0.29, 0.717) is 6.54 Å². The molecule has 8 heteroatoms. The zero-order chi connectivity index (χ0) is 14.1. The van der Waals surface area contributed by atoms with Crippen molar-refractivity contribution in [2.24, 2.45) is 12.0 Å². The number of nitrogens with one attached hydrogen (secondary N) is 1. The number of hydrogen-bond acceptors (Lipinski definition) is 4. The lowest BCUT2D eigenvalue weighted by molar-refractivity contribution is 0.448. The van der Waals surface area contributed by atoms with Crippen molar-refractivity contribution in [1.29, 1.82) is 0 Å². The first-order valence-electron chi connectivity index (χ1n) is 6.42. The van der Waals surface area contributed by atoms with Gasteiger partial charge in [-0.05, 0) is 24.9 Å². The fourth-order valence-corrected chi connectivity index (χ4v) is 2.20. The van der Waals surface area contributed by atoms with Gasteiger partial charge in [0, 0.05) is 27.7 Å². The minimum Gasteiger partial charge on any atom is -0.356 e. The highest BCUT2D eigenvalue weighted by Crippen LogP contribution is 2.00. The van der Waals surface area contributed by atoms with Gasteiger partial charge in [-0.3, -0.25) is 9.67 Å². The highest BCUT2D eigenvalue weighted by molar-refractivity contribution is 14.0. The van der Waals surface area contributed by atoms with Crippen LogP contribution < -0.4 is 5.32 Å². The van der Waals surface area contributed by atoms with Gasteiger partial charge in [0.05, 0.1) is 6.54 Å². The Labute approximate surface area is 142 Å². The summed E-state index contributed by atoms with van der Waals surface area (Å²) in [6.07, 6.45) is 6.11. The number of hydrogen-bond donors (Lipinski definition) is 1. The summed E-state index contributed by atoms with van der Waals surface area (Å²) in [6.45, 7) is 1.65. The third-order valence-corrected chi connectivity index (χ3v) is 3.51. The zero-order valence-electron chi connectivity index (χ0n) is 12.7. The van der Waals surface area contributed by atoms with Crippen LogP contribution in [0.2, 0.25) is 0 Å². The van der Waals surface area contributed by atoms with E-state index < -0.39 is 0 Å². The molecule has 0 aliphatic carbocycles. The Morgan fingerprint density at radius 3 is 2.80 bits per heavy atom. The maximum Gasteiger partial charge on any atom is 0.193 e. The van der Waals surface area contributed by atoms with Gasteiger partial charge >= 0.3 is 0 Å². The van der Waals surface area contributed by atoms with Crippen molar-refractivity contribution in [2.75, 3.05) is 32.6 Å². The van der Waals surface area contributed by atoms with Crippen LogP contribution in [0.25, 0.3) is 0 Å². The van der Waals surface area contributed by atoms with Crippen LogP contribution in [0.4, 0.5) is 0 Å². The quantitative estimate of drug-likeness (QED) is 0.319. The SMILES string of the molecule is CN=C(NCCCCSC)N(C)Cc1ncnn1C.I. The summed E-state index contributed by atoms with van der Waals surface area (Å²) in [6, 6.07) is 0. The van der Waals surface area contributed by atoms with Crippen molar-refractivity contribution in [2.45, 2.75) is 19.4 Å². The minimum atomic E-state index is 0. The summed E-state index contributed by atoms with van der Waals surface area (Å²) in [5.41, 5.74) is 0. The Morgan fingerprint density at radius 1 is 1.50 bits per heavy atom. The smallest absolute Gasteiger partial charge is 0.193 e. The molecule has 0 radical (unpaired) electrons. The molecule has 0 saturated carbocycles. The van der Waals surface area contributed by atoms with Gasteiger partial charge in [-0.1, -0.05) is 0 Å². The van der Waals surface area contributed by atoms with Crippen LogP contribution in [0.15, 0.2) is 11.3 Å². The normalized spacial score (nSPS) is 11.1. The van der Waals surface area contributed by atoms with Crippen LogP contribution in [0, 0.1) is 0 Å². The molecule has 0 aliphatic heterocycles. The molecule has 0 bridgehead atoms. The standard InChI is InChI=1S/C12H24N6S.HI/c1-13-12(14-7-5-6-8-19-4)17(2)9-11-15-10-16-18(11)3;/h10H,5-9H2,1-4H3,(H,13,14);1H. The predicted molar refractivity (Wildman–Crippen MR) is 96.9 cm³/mol. The third kappa shape index (κ3) is 6.78. The number of rotatable bonds is 7. The van der Waals surface area contributed by atoms with Crippen molar-refractivity contribution >= 4 is 41.7 Å². The van der Waals surface area contributed by atoms with Crippen LogP contribution in [-0.2, 0) is 13.6 Å². The number of nitrogens with zero attached hydrogens (tertiary/aromatic N) is 5. The molecular formula is C12H25IN6S. The van der Waals surface area contributed by atoms with E-state index in [0.717, 1.165) is 24.7 Å². The van der Waals surface area contributed by atoms with Gasteiger partial charge in [-0.25, -0.2) is 4.98 Å². The number of aliphatic imine (C=N–C) groups is 1. The molecule has 6 nitrogen and oxygen atoms in total. The van der Waals surface area contributed by atoms with Crippen LogP contribution in [0.3, 0.4) is 0 Å². The van der Waals surface area contributed by atoms with Gasteiger partial charge in [-0.2, -0.15) is 16.9 Å². The fourth-order valence-electron chi connectivity index (χ4n) is 1.71. The van der Waals surface area contributed by atoms with E-state index in [9.17, 15) is 0 Å². The topological polar surface area (TPSA) is 58.3 Å². The average molecular weight is 412 g/mol. The number of aromatic nitrogens is 3. The van der Waals surface area contributed by atoms with Gasteiger partial charge in [-0.15, -0.1) is 24.0 Å². The van der Waals surface area contributed by atoms with E-state index in [2.05, 4.69) is 31.5 Å². The summed E-state index contributed by atoms with van der Waals surface area (Å²) in [7, 11) is 5.71. The monoisotopic (exact) mass is 412 g/mol. The Morgan fingerprint density at radius 2 is 2.25 bits per heavy atom. The first-order valence-corrected chi connectivity index (χ1v) is 7.82. The number of halogens is 1. The lowest BCUT2D eigenvalue weighted by atomic mass is 10.3. The van der Waals surface area contributed by atoms with E-state index in [1.54, 1.807) is 18.1 Å². The second-order valence-corrected chi connectivity index (χ2v) is 5.32. The predicted octanol–water partition coefficient (Wildman–Crippen LogP) is 1.58. The molecule has 1 rings (SSSR count). The molecule has 0 unspecified atom stereocenters. The molecule has 0 atom stereocenters. The number of guanidine groups is 1. The molecule has 0 fully saturated rings. The van der Waals surface area contributed by atoms with Crippen LogP contribution in [-0.4, -0.2) is 58.3 Å². The summed E-state index contributed by atoms with van der Waals surface area (Å²) < 4.78 is 1.78. The molecular weight excluding hydrogens is 387 g/mol. The van der Waals surface area contributed by atoms with E-state index in [4.69, 9.17) is 0 Å². The molecule has 1 aromatic heterocycles. The average Bonchev–Trinajstić information content (AvgIpc) is 2.79. The van der Waals surface area contributed by atoms with Crippen LogP contribution in [0.1, 0.15) is 18.7 Å². The van der Waals surface area contributed by atoms with E-state index in [1.807, 2.05) is 25.9 Å². The van der Waals surface area contributed by atoms with Gasteiger partial charge in [0.25, 0.3) is 0 Å². The molecule has 1 aromatic rings. The molecule has 116 valence electrons. The number of unbranched alkanes of at least 4 members (excludes halogenated alkanes) is 1. The fraction of sp³-hybridized carbons (Fsp3) is 0.750. The summed E-state index contributed by atoms with van der Waals surface area (Å²) in [5, 5.41) is 7.44. The second-order valence-electron chi connectivity index (χ2n) is 4.33. The zero-order valence-corrected chi connectivity index (χ0v) is 15.8. The van der Waals surface area contributed by atoms with Gasteiger partial charge in [0.1, 0.15) is 12.2 Å². The summed E-state index contributed by atoms with van der Waals surface area (Å²) >= 11 is 1.89. The van der Waals surface area contributed by atoms with E-state index >= 15 is 0 Å². The van der Waals surface area contributed by atoms with Crippen molar-refractivity contribution in [3.63, 3.8) is 0 Å². The van der Waals surface area contributed by atoms with Crippen LogP contribution in [0.5, 0.6) is 0 Å². The van der Waals surface area contributed by atoms with Crippen molar-refractivity contribution < 1.29 is 0 Å². The first-order chi connectivity index (χ1) is 9.19. The lowest BCUT2D eigenvalue weighted by Gasteiger charge is -2.21. The summed E-state index contributed by atoms with van der Waals surface area (Å²) in [4.78, 5) is 10.6. The molecule has 0 saturated heterocycles. The van der Waals surface area contributed by atoms with Gasteiger partial charge in [0.2, 0.25) is 0 Å². The van der Waals surface area contributed by atoms with Crippen molar-refractivity contribution in [1.82, 2.24) is 25.0 Å². The molecule has 0 aromatic carbocycles. The molecule has 0 spiro atoms. The maximum absolute atomic E-state index is 4.28. The minimum absolute atomic E-state index is 0. The van der Waals surface area contributed by atoms with E-state index in [-0.39, 0.29) is 24.0 Å². The molecule has 1 N–H and O–H groups in total.